The molecule has 0 aromatic rings. The second kappa shape index (κ2) is 34.0. The molecule has 0 bridgehead atoms. The zero-order valence-electron chi connectivity index (χ0n) is 33.7. The summed E-state index contributed by atoms with van der Waals surface area (Å²) in [5.41, 5.74) is 0. The summed E-state index contributed by atoms with van der Waals surface area (Å²) in [6, 6.07) is -0.769. The van der Waals surface area contributed by atoms with Crippen molar-refractivity contribution in [3.8, 4) is 0 Å². The van der Waals surface area contributed by atoms with Crippen LogP contribution in [0.1, 0.15) is 194 Å². The van der Waals surface area contributed by atoms with Gasteiger partial charge in [0.05, 0.1) is 39.9 Å². The van der Waals surface area contributed by atoms with Gasteiger partial charge in [0.2, 0.25) is 5.91 Å². The summed E-state index contributed by atoms with van der Waals surface area (Å²) in [5.74, 6) is -0.154. The van der Waals surface area contributed by atoms with Crippen LogP contribution in [0.2, 0.25) is 0 Å². The Balaban J connectivity index is 4.36. The number of unbranched alkanes of at least 4 members (excludes halogenated alkanes) is 23. The molecule has 0 aromatic heterocycles. The molecule has 0 saturated carbocycles. The average Bonchev–Trinajstić information content (AvgIpc) is 3.06. The van der Waals surface area contributed by atoms with Gasteiger partial charge < -0.3 is 19.8 Å². The van der Waals surface area contributed by atoms with Gasteiger partial charge in [-0.1, -0.05) is 161 Å². The molecule has 9 heteroatoms. The first-order valence-electron chi connectivity index (χ1n) is 21.1. The number of aliphatic hydroxyl groups is 1. The van der Waals surface area contributed by atoms with Gasteiger partial charge in [0.1, 0.15) is 13.2 Å². The molecular formula is C41H84N2O6P+. The van der Waals surface area contributed by atoms with Crippen LogP contribution in [0.15, 0.2) is 12.2 Å². The molecule has 0 radical (unpaired) electrons. The Bertz CT molecular complexity index is 834. The monoisotopic (exact) mass is 732 g/mol. The first-order valence-corrected chi connectivity index (χ1v) is 22.5. The summed E-state index contributed by atoms with van der Waals surface area (Å²) in [7, 11) is 1.60. The number of phosphoric ester groups is 1. The van der Waals surface area contributed by atoms with E-state index in [1.54, 1.807) is 0 Å². The second-order valence-electron chi connectivity index (χ2n) is 15.7. The molecular weight excluding hydrogens is 647 g/mol. The van der Waals surface area contributed by atoms with Crippen molar-refractivity contribution in [1.82, 2.24) is 5.32 Å². The number of nitrogens with one attached hydrogen (secondary N) is 1. The third-order valence-electron chi connectivity index (χ3n) is 9.51. The maximum Gasteiger partial charge on any atom is 0.472 e. The Morgan fingerprint density at radius 1 is 0.660 bits per heavy atom. The van der Waals surface area contributed by atoms with E-state index in [2.05, 4.69) is 31.3 Å². The van der Waals surface area contributed by atoms with E-state index in [4.69, 9.17) is 9.05 Å². The zero-order chi connectivity index (χ0) is 37.2. The third-order valence-corrected chi connectivity index (χ3v) is 10.5. The van der Waals surface area contributed by atoms with Gasteiger partial charge in [-0.25, -0.2) is 4.57 Å². The maximum atomic E-state index is 12.8. The van der Waals surface area contributed by atoms with E-state index in [9.17, 15) is 19.4 Å². The Morgan fingerprint density at radius 3 is 1.54 bits per heavy atom. The molecule has 0 fully saturated rings. The molecule has 0 aliphatic heterocycles. The van der Waals surface area contributed by atoms with Crippen molar-refractivity contribution < 1.29 is 32.9 Å². The molecule has 0 spiro atoms. The van der Waals surface area contributed by atoms with Gasteiger partial charge in [0.25, 0.3) is 0 Å². The lowest BCUT2D eigenvalue weighted by molar-refractivity contribution is -0.870. The van der Waals surface area contributed by atoms with E-state index in [-0.39, 0.29) is 19.1 Å². The Morgan fingerprint density at radius 2 is 1.08 bits per heavy atom. The minimum absolute atomic E-state index is 0.0718. The van der Waals surface area contributed by atoms with Gasteiger partial charge >= 0.3 is 7.82 Å². The van der Waals surface area contributed by atoms with Crippen LogP contribution in [0.25, 0.3) is 0 Å². The molecule has 298 valence electrons. The number of nitrogens with zero attached hydrogens (tertiary/aromatic N) is 1. The number of hydrogen-bond donors (Lipinski definition) is 3. The Hall–Kier alpha value is -0.760. The highest BCUT2D eigenvalue weighted by Gasteiger charge is 2.28. The second-order valence-corrected chi connectivity index (χ2v) is 17.2. The predicted octanol–water partition coefficient (Wildman–Crippen LogP) is 11.2. The molecule has 0 rings (SSSR count). The van der Waals surface area contributed by atoms with Crippen molar-refractivity contribution in [2.24, 2.45) is 0 Å². The van der Waals surface area contributed by atoms with Crippen LogP contribution in [-0.4, -0.2) is 73.4 Å². The molecule has 50 heavy (non-hydrogen) atoms. The van der Waals surface area contributed by atoms with E-state index < -0.39 is 20.0 Å². The molecule has 0 aliphatic rings. The minimum Gasteiger partial charge on any atom is -0.391 e. The first-order chi connectivity index (χ1) is 24.0. The molecule has 8 nitrogen and oxygen atoms in total. The number of amides is 1. The van der Waals surface area contributed by atoms with Gasteiger partial charge in [-0.3, -0.25) is 13.8 Å². The van der Waals surface area contributed by atoms with Crippen LogP contribution in [0.5, 0.6) is 0 Å². The fourth-order valence-electron chi connectivity index (χ4n) is 6.10. The lowest BCUT2D eigenvalue weighted by Gasteiger charge is -2.26. The molecule has 3 atom stereocenters. The van der Waals surface area contributed by atoms with Crippen LogP contribution in [0, 0.1) is 0 Å². The molecule has 1 unspecified atom stereocenters. The van der Waals surface area contributed by atoms with Crippen molar-refractivity contribution in [3.05, 3.63) is 12.2 Å². The van der Waals surface area contributed by atoms with Crippen molar-refractivity contribution in [2.45, 2.75) is 206 Å². The standard InChI is InChI=1S/C41H83N2O6P/c1-6-8-10-12-14-16-18-19-20-21-22-23-25-27-29-31-33-35-41(45)42-39(38-49-50(46,47)48-37-36-43(3,4)5)40(44)34-32-30-28-26-24-17-15-13-11-9-7-2/h24,26,39-40,44H,6-23,25,27-38H2,1-5H3,(H-,42,45,46,47)/p+1/b26-24+/t39-,40+/m0/s1. The molecule has 0 saturated heterocycles. The lowest BCUT2D eigenvalue weighted by atomic mass is 10.0. The normalized spacial score (nSPS) is 14.6. The SMILES string of the molecule is CCCCCCC/C=C/CCCC[C@@H](O)[C@H](COP(=O)(O)OCC[N+](C)(C)C)NC(=O)CCCCCCCCCCCCCCCCCCC. The van der Waals surface area contributed by atoms with Crippen molar-refractivity contribution in [2.75, 3.05) is 40.9 Å². The van der Waals surface area contributed by atoms with Gasteiger partial charge in [0, 0.05) is 6.42 Å². The van der Waals surface area contributed by atoms with Crippen LogP contribution in [0.4, 0.5) is 0 Å². The third kappa shape index (κ3) is 35.6. The van der Waals surface area contributed by atoms with Gasteiger partial charge in [-0.15, -0.1) is 0 Å². The smallest absolute Gasteiger partial charge is 0.391 e. The van der Waals surface area contributed by atoms with E-state index in [1.165, 1.54) is 122 Å². The number of quaternary nitrogens is 1. The van der Waals surface area contributed by atoms with Crippen molar-refractivity contribution in [1.29, 1.82) is 0 Å². The highest BCUT2D eigenvalue weighted by atomic mass is 31.2. The van der Waals surface area contributed by atoms with E-state index >= 15 is 0 Å². The number of hydrogen-bond acceptors (Lipinski definition) is 5. The summed E-state index contributed by atoms with van der Waals surface area (Å²) in [4.78, 5) is 23.1. The highest BCUT2D eigenvalue weighted by molar-refractivity contribution is 7.47. The lowest BCUT2D eigenvalue weighted by Crippen LogP contribution is -2.46. The first kappa shape index (κ1) is 49.2. The molecule has 0 aromatic carbocycles. The largest absolute Gasteiger partial charge is 0.472 e. The number of rotatable bonds is 38. The predicted molar refractivity (Wildman–Crippen MR) is 212 cm³/mol. The van der Waals surface area contributed by atoms with Gasteiger partial charge in [-0.05, 0) is 38.5 Å². The molecule has 0 aliphatic carbocycles. The minimum atomic E-state index is -4.31. The average molecular weight is 732 g/mol. The van der Waals surface area contributed by atoms with Crippen LogP contribution in [-0.2, 0) is 18.4 Å². The van der Waals surface area contributed by atoms with Crippen molar-refractivity contribution in [3.63, 3.8) is 0 Å². The number of likely N-dealkylation sites (N-methyl/N-ethyl adjacent to an activating group) is 1. The Labute approximate surface area is 310 Å². The van der Waals surface area contributed by atoms with E-state index in [0.29, 0.717) is 23.9 Å². The fourth-order valence-corrected chi connectivity index (χ4v) is 6.83. The van der Waals surface area contributed by atoms with E-state index in [0.717, 1.165) is 44.9 Å². The van der Waals surface area contributed by atoms with E-state index in [1.807, 2.05) is 21.1 Å². The highest BCUT2D eigenvalue weighted by Crippen LogP contribution is 2.43. The zero-order valence-corrected chi connectivity index (χ0v) is 34.5. The van der Waals surface area contributed by atoms with Crippen LogP contribution in [0.3, 0.4) is 0 Å². The van der Waals surface area contributed by atoms with Crippen molar-refractivity contribution >= 4 is 13.7 Å². The number of phosphoric acid groups is 1. The Kier molecular flexibility index (Phi) is 33.5. The summed E-state index contributed by atoms with van der Waals surface area (Å²) in [6.07, 6.45) is 36.7. The van der Waals surface area contributed by atoms with Gasteiger partial charge in [-0.2, -0.15) is 0 Å². The quantitative estimate of drug-likeness (QED) is 0.0253. The molecule has 0 heterocycles. The summed E-state index contributed by atoms with van der Waals surface area (Å²) < 4.78 is 23.5. The summed E-state index contributed by atoms with van der Waals surface area (Å²) in [6.45, 7) is 4.85. The number of carbonyl (C=O) groups is 1. The van der Waals surface area contributed by atoms with Crippen LogP contribution >= 0.6 is 7.82 Å². The fraction of sp³-hybridized carbons (Fsp3) is 0.927. The molecule has 3 N–H and O–H groups in total. The number of carbonyl (C=O) groups excluding carboxylic acids is 1. The topological polar surface area (TPSA) is 105 Å². The van der Waals surface area contributed by atoms with Crippen LogP contribution < -0.4 is 5.32 Å². The number of aliphatic hydroxyl groups excluding tert-OH is 1. The summed E-state index contributed by atoms with van der Waals surface area (Å²) in [5, 5.41) is 13.9. The number of allylic oxidation sites excluding steroid dienone is 2. The maximum absolute atomic E-state index is 12.8. The van der Waals surface area contributed by atoms with Gasteiger partial charge in [0.15, 0.2) is 0 Å². The summed E-state index contributed by atoms with van der Waals surface area (Å²) >= 11 is 0. The molecule has 1 amide bonds.